The minimum atomic E-state index is -3.52. The number of nitrogens with one attached hydrogen (secondary N) is 3. The number of fused-ring (bicyclic) bond motifs is 1. The molecule has 0 saturated carbocycles. The van der Waals surface area contributed by atoms with Crippen molar-refractivity contribution in [1.29, 1.82) is 0 Å². The van der Waals surface area contributed by atoms with Crippen LogP contribution >= 0.6 is 11.6 Å². The summed E-state index contributed by atoms with van der Waals surface area (Å²) >= 11 is 6.59. The van der Waals surface area contributed by atoms with Gasteiger partial charge in [-0.3, -0.25) is 39.1 Å². The summed E-state index contributed by atoms with van der Waals surface area (Å²) in [5, 5.41) is 8.08. The highest BCUT2D eigenvalue weighted by Gasteiger charge is 2.45. The predicted molar refractivity (Wildman–Crippen MR) is 252 cm³/mol. The van der Waals surface area contributed by atoms with Crippen LogP contribution in [0.25, 0.3) is 0 Å². The third kappa shape index (κ3) is 11.5. The van der Waals surface area contributed by atoms with E-state index in [-0.39, 0.29) is 73.0 Å². The van der Waals surface area contributed by atoms with Crippen LogP contribution in [-0.2, 0) is 41.8 Å². The van der Waals surface area contributed by atoms with Crippen LogP contribution < -0.4 is 20.7 Å². The van der Waals surface area contributed by atoms with Gasteiger partial charge in [-0.2, -0.15) is 0 Å². The largest absolute Gasteiger partial charge is 0.491 e. The number of hydrogen-bond acceptors (Lipinski definition) is 13. The van der Waals surface area contributed by atoms with E-state index in [1.54, 1.807) is 56.4 Å². The first-order valence-corrected chi connectivity index (χ1v) is 24.7. The standard InChI is InChI=1S/C49H58ClN7O9S/c1-29(2)66-41-26-36(31(5)23-34(41)25-43-53-27-37(50)39(54-43)24-33-9-6-7-12-42(33)67(63,64)30(3)4)32-15-19-56(20-16-32)28-45(59)52-18-22-65-21-17-51-38-11-8-10-35-46(38)49(62)57(48(35)61)40-13-14-44(58)55-47(40)60/h6-12,23,26-27,29-30,32,40,51H,13-22,24-25,28H2,1-5H3,(H,52,59)(H,55,58,60). The first kappa shape index (κ1) is 49.2. The van der Waals surface area contributed by atoms with E-state index in [1.807, 2.05) is 19.9 Å². The van der Waals surface area contributed by atoms with Crippen molar-refractivity contribution in [1.82, 2.24) is 30.4 Å². The van der Waals surface area contributed by atoms with Crippen LogP contribution in [0.1, 0.15) is 114 Å². The summed E-state index contributed by atoms with van der Waals surface area (Å²) in [7, 11) is -3.52. The molecule has 3 aliphatic rings. The SMILES string of the molecule is Cc1cc(Cc2ncc(Cl)c(Cc3ccccc3S(=O)(=O)C(C)C)n2)c(OC(C)C)cc1C1CCN(CC(=O)NCCOCCNc2cccc3c2C(=O)N(C2CCC(=O)NC2=O)C3=O)CC1. The van der Waals surface area contributed by atoms with E-state index < -0.39 is 44.8 Å². The Labute approximate surface area is 396 Å². The van der Waals surface area contributed by atoms with Gasteiger partial charge in [0.05, 0.1) is 57.9 Å². The van der Waals surface area contributed by atoms with Gasteiger partial charge >= 0.3 is 0 Å². The van der Waals surface area contributed by atoms with Gasteiger partial charge in [-0.1, -0.05) is 41.9 Å². The molecule has 4 heterocycles. The van der Waals surface area contributed by atoms with Crippen molar-refractivity contribution in [2.45, 2.75) is 101 Å². The number of ether oxygens (including phenoxy) is 2. The Bertz CT molecular complexity index is 2650. The van der Waals surface area contributed by atoms with Gasteiger partial charge < -0.3 is 20.1 Å². The second kappa shape index (κ2) is 21.5. The fourth-order valence-electron chi connectivity index (χ4n) is 8.84. The Hall–Kier alpha value is -5.75. The van der Waals surface area contributed by atoms with Gasteiger partial charge in [-0.15, -0.1) is 0 Å². The molecule has 1 atom stereocenters. The molecule has 5 amide bonds. The average molecular weight is 957 g/mol. The third-order valence-corrected chi connectivity index (χ3v) is 14.8. The first-order valence-electron chi connectivity index (χ1n) is 22.8. The summed E-state index contributed by atoms with van der Waals surface area (Å²) in [5.74, 6) is -0.744. The second-order valence-corrected chi connectivity index (χ2v) is 20.6. The van der Waals surface area contributed by atoms with Crippen LogP contribution in [0.15, 0.2) is 65.7 Å². The Balaban J connectivity index is 0.867. The van der Waals surface area contributed by atoms with E-state index in [0.717, 1.165) is 47.7 Å². The molecule has 1 unspecified atom stereocenters. The number of likely N-dealkylation sites (tertiary alicyclic amines) is 1. The molecule has 0 radical (unpaired) electrons. The normalized spacial score (nSPS) is 17.0. The maximum atomic E-state index is 13.3. The molecule has 16 nitrogen and oxygen atoms in total. The summed E-state index contributed by atoms with van der Waals surface area (Å²) < 4.78 is 38.4. The zero-order chi connectivity index (χ0) is 48.0. The van der Waals surface area contributed by atoms with Crippen LogP contribution in [0.5, 0.6) is 5.75 Å². The average Bonchev–Trinajstić information content (AvgIpc) is 3.54. The molecule has 67 heavy (non-hydrogen) atoms. The Morgan fingerprint density at radius 2 is 1.67 bits per heavy atom. The highest BCUT2D eigenvalue weighted by molar-refractivity contribution is 7.92. The van der Waals surface area contributed by atoms with Crippen molar-refractivity contribution >= 4 is 56.7 Å². The minimum Gasteiger partial charge on any atom is -0.491 e. The fourth-order valence-corrected chi connectivity index (χ4v) is 10.3. The van der Waals surface area contributed by atoms with E-state index in [9.17, 15) is 32.4 Å². The maximum absolute atomic E-state index is 13.3. The van der Waals surface area contributed by atoms with E-state index in [4.69, 9.17) is 26.1 Å². The minimum absolute atomic E-state index is 0.0450. The molecule has 0 aliphatic carbocycles. The molecule has 356 valence electrons. The van der Waals surface area contributed by atoms with Gasteiger partial charge in [-0.05, 0) is 114 Å². The second-order valence-electron chi connectivity index (χ2n) is 17.7. The van der Waals surface area contributed by atoms with Crippen molar-refractivity contribution in [3.63, 3.8) is 0 Å². The lowest BCUT2D eigenvalue weighted by Crippen LogP contribution is -2.54. The smallest absolute Gasteiger partial charge is 0.264 e. The number of amides is 5. The molecule has 18 heteroatoms. The number of anilines is 1. The molecule has 1 aromatic heterocycles. The fraction of sp³-hybridized carbons (Fsp3) is 0.449. The molecule has 2 fully saturated rings. The first-order chi connectivity index (χ1) is 32.0. The quantitative estimate of drug-likeness (QED) is 0.0795. The van der Waals surface area contributed by atoms with Gasteiger partial charge in [0, 0.05) is 49.8 Å². The van der Waals surface area contributed by atoms with Crippen molar-refractivity contribution in [2.75, 3.05) is 51.3 Å². The van der Waals surface area contributed by atoms with Crippen molar-refractivity contribution in [3.8, 4) is 5.75 Å². The van der Waals surface area contributed by atoms with Gasteiger partial charge in [0.15, 0.2) is 9.84 Å². The summed E-state index contributed by atoms with van der Waals surface area (Å²) in [5.41, 5.74) is 5.28. The number of hydrogen-bond donors (Lipinski definition) is 3. The monoisotopic (exact) mass is 955 g/mol. The number of rotatable bonds is 19. The van der Waals surface area contributed by atoms with Gasteiger partial charge in [0.2, 0.25) is 17.7 Å². The summed E-state index contributed by atoms with van der Waals surface area (Å²) in [6.07, 6.45) is 4.01. The Morgan fingerprint density at radius 3 is 2.40 bits per heavy atom. The van der Waals surface area contributed by atoms with E-state index >= 15 is 0 Å². The number of nitrogens with zero attached hydrogens (tertiary/aromatic N) is 4. The van der Waals surface area contributed by atoms with E-state index in [1.165, 1.54) is 5.56 Å². The number of benzene rings is 3. The highest BCUT2D eigenvalue weighted by atomic mass is 35.5. The van der Waals surface area contributed by atoms with Gasteiger partial charge in [0.25, 0.3) is 11.8 Å². The lowest BCUT2D eigenvalue weighted by molar-refractivity contribution is -0.136. The predicted octanol–water partition coefficient (Wildman–Crippen LogP) is 5.41. The van der Waals surface area contributed by atoms with E-state index in [0.29, 0.717) is 47.3 Å². The zero-order valence-electron chi connectivity index (χ0n) is 38.5. The number of sulfone groups is 1. The van der Waals surface area contributed by atoms with Crippen molar-refractivity contribution in [2.24, 2.45) is 0 Å². The molecule has 2 saturated heterocycles. The van der Waals surface area contributed by atoms with Gasteiger partial charge in [-0.25, -0.2) is 18.4 Å². The summed E-state index contributed by atoms with van der Waals surface area (Å²) in [6.45, 7) is 12.4. The molecular formula is C49H58ClN7O9S. The third-order valence-electron chi connectivity index (χ3n) is 12.3. The van der Waals surface area contributed by atoms with Gasteiger partial charge in [0.1, 0.15) is 17.6 Å². The molecule has 3 N–H and O–H groups in total. The van der Waals surface area contributed by atoms with Crippen LogP contribution in [0.4, 0.5) is 5.69 Å². The molecular weight excluding hydrogens is 898 g/mol. The molecule has 7 rings (SSSR count). The lowest BCUT2D eigenvalue weighted by Gasteiger charge is -2.33. The Morgan fingerprint density at radius 1 is 0.925 bits per heavy atom. The molecule has 0 bridgehead atoms. The summed E-state index contributed by atoms with van der Waals surface area (Å²) in [4.78, 5) is 76.1. The molecule has 3 aliphatic heterocycles. The number of imide groups is 2. The van der Waals surface area contributed by atoms with Crippen LogP contribution in [0.2, 0.25) is 5.02 Å². The lowest BCUT2D eigenvalue weighted by atomic mass is 9.85. The summed E-state index contributed by atoms with van der Waals surface area (Å²) in [6, 6.07) is 15.1. The molecule has 0 spiro atoms. The molecule has 3 aromatic carbocycles. The number of carbonyl (C=O) groups excluding carboxylic acids is 5. The number of aryl methyl sites for hydroxylation is 1. The zero-order valence-corrected chi connectivity index (χ0v) is 40.1. The topological polar surface area (TPSA) is 206 Å². The molecule has 4 aromatic rings. The van der Waals surface area contributed by atoms with Crippen molar-refractivity contribution in [3.05, 3.63) is 111 Å². The number of aromatic nitrogens is 2. The van der Waals surface area contributed by atoms with E-state index in [2.05, 4.69) is 44.9 Å². The number of halogens is 1. The number of piperidine rings is 2. The highest BCUT2D eigenvalue weighted by Crippen LogP contribution is 2.36. The van der Waals surface area contributed by atoms with Crippen LogP contribution in [0.3, 0.4) is 0 Å². The number of carbonyl (C=O) groups is 5. The Kier molecular flexibility index (Phi) is 15.8. The maximum Gasteiger partial charge on any atom is 0.264 e. The van der Waals surface area contributed by atoms with Crippen molar-refractivity contribution < 1.29 is 41.9 Å². The van der Waals surface area contributed by atoms with Crippen LogP contribution in [-0.4, -0.2) is 121 Å². The van der Waals surface area contributed by atoms with Crippen LogP contribution in [0, 0.1) is 6.92 Å².